The Morgan fingerprint density at radius 2 is 1.03 bits per heavy atom. The van der Waals surface area contributed by atoms with Gasteiger partial charge in [-0.1, -0.05) is 187 Å². The Hall–Kier alpha value is -8.54. The van der Waals surface area contributed by atoms with Crippen LogP contribution in [0.25, 0.3) is 55.3 Å². The smallest absolute Gasteiger partial charge is 0.198 e. The number of hydrogen-bond acceptors (Lipinski definition) is 4. The van der Waals surface area contributed by atoms with Crippen molar-refractivity contribution in [3.63, 3.8) is 0 Å². The zero-order valence-corrected chi connectivity index (χ0v) is 43.4. The molecule has 1 N–H and O–H groups in total. The molecule has 0 unspecified atom stereocenters. The van der Waals surface area contributed by atoms with E-state index in [2.05, 4.69) is 288 Å². The zero-order valence-electron chi connectivity index (χ0n) is 43.4. The van der Waals surface area contributed by atoms with Gasteiger partial charge in [-0.15, -0.1) is 0 Å². The summed E-state index contributed by atoms with van der Waals surface area (Å²) >= 11 is 0. The molecule has 1 aliphatic rings. The predicted molar refractivity (Wildman–Crippen MR) is 318 cm³/mol. The van der Waals surface area contributed by atoms with Gasteiger partial charge in [-0.05, 0) is 153 Å². The Labute approximate surface area is 436 Å². The van der Waals surface area contributed by atoms with E-state index < -0.39 is 0 Å². The molecule has 360 valence electrons. The lowest BCUT2D eigenvalue weighted by atomic mass is 9.58. The third-order valence-electron chi connectivity index (χ3n) is 14.9. The molecule has 4 nitrogen and oxygen atoms in total. The summed E-state index contributed by atoms with van der Waals surface area (Å²) in [6.07, 6.45) is 0. The van der Waals surface area contributed by atoms with Crippen molar-refractivity contribution in [3.05, 3.63) is 241 Å². The van der Waals surface area contributed by atoms with Crippen LogP contribution >= 0.6 is 0 Å². The van der Waals surface area contributed by atoms with Gasteiger partial charge in [-0.2, -0.15) is 0 Å². The summed E-state index contributed by atoms with van der Waals surface area (Å²) in [6, 6.07) is 81.9. The average molecular weight is 958 g/mol. The van der Waals surface area contributed by atoms with Crippen LogP contribution in [0.4, 0.5) is 45.5 Å². The van der Waals surface area contributed by atoms with Crippen LogP contribution in [0.1, 0.15) is 58.2 Å². The van der Waals surface area contributed by atoms with E-state index in [1.165, 1.54) is 44.3 Å². The van der Waals surface area contributed by atoms with Gasteiger partial charge in [0.25, 0.3) is 0 Å². The van der Waals surface area contributed by atoms with E-state index in [4.69, 9.17) is 4.42 Å². The molecule has 1 aromatic heterocycles. The molecule has 0 fully saturated rings. The first-order valence-electron chi connectivity index (χ1n) is 26.0. The maximum atomic E-state index is 7.10. The molecule has 11 aromatic rings. The number of anilines is 8. The van der Waals surface area contributed by atoms with Gasteiger partial charge in [0.1, 0.15) is 5.58 Å². The van der Waals surface area contributed by atoms with Crippen molar-refractivity contribution in [2.75, 3.05) is 15.1 Å². The van der Waals surface area contributed by atoms with Gasteiger partial charge in [0, 0.05) is 56.1 Å². The molecule has 0 radical (unpaired) electrons. The van der Waals surface area contributed by atoms with E-state index in [0.29, 0.717) is 7.28 Å². The van der Waals surface area contributed by atoms with Crippen LogP contribution < -0.4 is 26.0 Å². The van der Waals surface area contributed by atoms with E-state index in [1.54, 1.807) is 0 Å². The Bertz CT molecular complexity index is 3810. The molecule has 0 spiro atoms. The number of furan rings is 1. The lowest BCUT2D eigenvalue weighted by Crippen LogP contribution is -2.41. The molecule has 0 aliphatic carbocycles. The van der Waals surface area contributed by atoms with E-state index in [9.17, 15) is 0 Å². The molecule has 0 saturated carbocycles. The third-order valence-corrected chi connectivity index (χ3v) is 14.9. The van der Waals surface area contributed by atoms with Crippen molar-refractivity contribution in [2.45, 2.75) is 59.3 Å². The molecule has 1 aliphatic heterocycles. The van der Waals surface area contributed by atoms with E-state index >= 15 is 0 Å². The highest BCUT2D eigenvalue weighted by molar-refractivity contribution is 6.74. The minimum Gasteiger partial charge on any atom is -0.454 e. The summed E-state index contributed by atoms with van der Waals surface area (Å²) in [5.74, 6) is 0. The summed E-state index contributed by atoms with van der Waals surface area (Å²) < 4.78 is 7.10. The number of para-hydroxylation sites is 2. The molecule has 0 amide bonds. The summed E-state index contributed by atoms with van der Waals surface area (Å²) in [4.78, 5) is 4.92. The second-order valence-corrected chi connectivity index (χ2v) is 22.0. The second kappa shape index (κ2) is 18.5. The Balaban J connectivity index is 1.08. The van der Waals surface area contributed by atoms with Crippen LogP contribution in [0, 0.1) is 6.92 Å². The fourth-order valence-corrected chi connectivity index (χ4v) is 10.9. The number of benzene rings is 10. The SMILES string of the molecule is Cc1cc(-c2ccccc2)ccc1N1c2ccc(N(c3ccc(C(C)(C)C)cc3)c3ccc(C(C)(C)C)cc3)cc2Bc2c(-c3ccccc3Nc3cccc(-c4ccccc4)c3)cc3c(oc4ccccc43)c21. The first kappa shape index (κ1) is 46.5. The topological polar surface area (TPSA) is 31.6 Å². The minimum atomic E-state index is 0.0289. The summed E-state index contributed by atoms with van der Waals surface area (Å²) in [5, 5.41) is 6.08. The molecule has 0 saturated heterocycles. The summed E-state index contributed by atoms with van der Waals surface area (Å²) in [6.45, 7) is 15.9. The first-order chi connectivity index (χ1) is 35.9. The number of nitrogens with zero attached hydrogens (tertiary/aromatic N) is 2. The first-order valence-corrected chi connectivity index (χ1v) is 26.0. The van der Waals surface area contributed by atoms with Crippen LogP contribution in [0.5, 0.6) is 0 Å². The van der Waals surface area contributed by atoms with Crippen molar-refractivity contribution in [2.24, 2.45) is 0 Å². The van der Waals surface area contributed by atoms with Crippen molar-refractivity contribution in [1.29, 1.82) is 0 Å². The molecule has 12 rings (SSSR count). The number of nitrogens with one attached hydrogen (secondary N) is 1. The van der Waals surface area contributed by atoms with Gasteiger partial charge >= 0.3 is 0 Å². The third kappa shape index (κ3) is 8.62. The van der Waals surface area contributed by atoms with Crippen molar-refractivity contribution >= 4 is 85.6 Å². The largest absolute Gasteiger partial charge is 0.454 e. The van der Waals surface area contributed by atoms with Crippen molar-refractivity contribution in [3.8, 4) is 33.4 Å². The molecular formula is C69H60BN3O. The van der Waals surface area contributed by atoms with E-state index in [-0.39, 0.29) is 10.8 Å². The maximum absolute atomic E-state index is 7.10. The molecular weight excluding hydrogens is 898 g/mol. The molecule has 5 heteroatoms. The zero-order chi connectivity index (χ0) is 50.7. The predicted octanol–water partition coefficient (Wildman–Crippen LogP) is 17.9. The summed E-state index contributed by atoms with van der Waals surface area (Å²) in [7, 11) is 0.677. The van der Waals surface area contributed by atoms with Gasteiger partial charge < -0.3 is 19.5 Å². The van der Waals surface area contributed by atoms with Gasteiger partial charge in [0.05, 0.1) is 5.69 Å². The second-order valence-electron chi connectivity index (χ2n) is 22.0. The van der Waals surface area contributed by atoms with Crippen LogP contribution in [-0.4, -0.2) is 7.28 Å². The molecule has 2 heterocycles. The van der Waals surface area contributed by atoms with Crippen LogP contribution in [-0.2, 0) is 10.8 Å². The molecule has 74 heavy (non-hydrogen) atoms. The van der Waals surface area contributed by atoms with Crippen LogP contribution in [0.3, 0.4) is 0 Å². The number of fused-ring (bicyclic) bond motifs is 6. The fraction of sp³-hybridized carbons (Fsp3) is 0.130. The molecule has 0 bridgehead atoms. The van der Waals surface area contributed by atoms with Crippen LogP contribution in [0.15, 0.2) is 229 Å². The normalized spacial score (nSPS) is 12.3. The van der Waals surface area contributed by atoms with Gasteiger partial charge in [0.15, 0.2) is 12.9 Å². The van der Waals surface area contributed by atoms with E-state index in [1.807, 2.05) is 0 Å². The van der Waals surface area contributed by atoms with Crippen molar-refractivity contribution < 1.29 is 4.42 Å². The minimum absolute atomic E-state index is 0.0289. The van der Waals surface area contributed by atoms with Crippen LogP contribution in [0.2, 0.25) is 0 Å². The maximum Gasteiger partial charge on any atom is 0.198 e. The Morgan fingerprint density at radius 3 is 1.68 bits per heavy atom. The average Bonchev–Trinajstić information content (AvgIpc) is 3.80. The summed E-state index contributed by atoms with van der Waals surface area (Å²) in [5.41, 5.74) is 23.7. The Morgan fingerprint density at radius 1 is 0.459 bits per heavy atom. The number of aryl methyl sites for hydroxylation is 1. The van der Waals surface area contributed by atoms with Crippen molar-refractivity contribution in [1.82, 2.24) is 0 Å². The highest BCUT2D eigenvalue weighted by Gasteiger charge is 2.34. The molecule has 10 aromatic carbocycles. The Kier molecular flexibility index (Phi) is 11.6. The monoisotopic (exact) mass is 957 g/mol. The van der Waals surface area contributed by atoms with Gasteiger partial charge in [-0.3, -0.25) is 0 Å². The highest BCUT2D eigenvalue weighted by atomic mass is 16.3. The van der Waals surface area contributed by atoms with Gasteiger partial charge in [0.2, 0.25) is 0 Å². The number of rotatable bonds is 9. The number of hydrogen-bond donors (Lipinski definition) is 1. The van der Waals surface area contributed by atoms with E-state index in [0.717, 1.165) is 84.1 Å². The highest BCUT2D eigenvalue weighted by Crippen LogP contribution is 2.48. The lowest BCUT2D eigenvalue weighted by molar-refractivity contribution is 0.590. The van der Waals surface area contributed by atoms with Gasteiger partial charge in [-0.25, -0.2) is 0 Å². The molecule has 0 atom stereocenters. The quantitative estimate of drug-likeness (QED) is 0.146. The fourth-order valence-electron chi connectivity index (χ4n) is 10.9. The standard InChI is InChI=1S/C69H60BN3O/c1-45-41-49(47-21-12-9-13-22-47)29-39-62(45)73-63-40-38-55(72(53-34-30-50(31-35-53)68(2,3)4)54-36-32-51(33-37-54)69(5,6)7)43-60(63)70-65-58(44-59-57-26-15-17-28-64(57)74-67(59)66(65)73)56-25-14-16-27-61(56)71-52-24-18-23-48(42-52)46-19-10-8-11-20-46/h8-44,70-71H,1-7H3. The lowest BCUT2D eigenvalue weighted by Gasteiger charge is -2.37.